The lowest BCUT2D eigenvalue weighted by atomic mass is 10.2. The van der Waals surface area contributed by atoms with Crippen LogP contribution in [0.15, 0.2) is 34.7 Å². The van der Waals surface area contributed by atoms with Crippen molar-refractivity contribution < 1.29 is 9.15 Å². The highest BCUT2D eigenvalue weighted by atomic mass is 16.6. The highest BCUT2D eigenvalue weighted by Crippen LogP contribution is 2.27. The van der Waals surface area contributed by atoms with E-state index in [2.05, 4.69) is 11.4 Å². The van der Waals surface area contributed by atoms with Gasteiger partial charge in [-0.3, -0.25) is 0 Å². The third-order valence-corrected chi connectivity index (χ3v) is 1.97. The summed E-state index contributed by atoms with van der Waals surface area (Å²) in [7, 11) is 0. The smallest absolute Gasteiger partial charge is 0.314 e. The van der Waals surface area contributed by atoms with Crippen LogP contribution in [-0.4, -0.2) is 11.6 Å². The van der Waals surface area contributed by atoms with Crippen LogP contribution >= 0.6 is 0 Å². The third-order valence-electron chi connectivity index (χ3n) is 1.97. The second-order valence-corrected chi connectivity index (χ2v) is 3.16. The van der Waals surface area contributed by atoms with Gasteiger partial charge in [-0.1, -0.05) is 37.3 Å². The van der Waals surface area contributed by atoms with Crippen LogP contribution in [0.1, 0.15) is 13.3 Å². The molecular formula is C12H12NO2. The van der Waals surface area contributed by atoms with Crippen molar-refractivity contribution in [3.8, 4) is 17.2 Å². The van der Waals surface area contributed by atoms with E-state index in [1.165, 1.54) is 0 Å². The summed E-state index contributed by atoms with van der Waals surface area (Å²) < 4.78 is 10.5. The summed E-state index contributed by atoms with van der Waals surface area (Å²) in [5.41, 5.74) is 1.69. The molecule has 0 fully saturated rings. The largest absolute Gasteiger partial charge is 0.464 e. The Balaban J connectivity index is 2.25. The van der Waals surface area contributed by atoms with Crippen LogP contribution < -0.4 is 4.74 Å². The first kappa shape index (κ1) is 9.77. The van der Waals surface area contributed by atoms with Gasteiger partial charge in [0.25, 0.3) is 6.39 Å². The van der Waals surface area contributed by atoms with E-state index in [0.717, 1.165) is 12.0 Å². The van der Waals surface area contributed by atoms with Gasteiger partial charge in [-0.15, -0.1) is 0 Å². The third kappa shape index (κ3) is 2.18. The topological polar surface area (TPSA) is 35.3 Å². The Hall–Kier alpha value is -1.77. The lowest BCUT2D eigenvalue weighted by Gasteiger charge is -2.02. The number of oxazole rings is 1. The van der Waals surface area contributed by atoms with Crippen LogP contribution in [0.5, 0.6) is 5.95 Å². The molecule has 0 saturated carbocycles. The lowest BCUT2D eigenvalue weighted by Crippen LogP contribution is -1.95. The van der Waals surface area contributed by atoms with Crippen molar-refractivity contribution in [2.24, 2.45) is 0 Å². The number of rotatable bonds is 4. The summed E-state index contributed by atoms with van der Waals surface area (Å²) in [5, 5.41) is 0. The van der Waals surface area contributed by atoms with Gasteiger partial charge in [-0.05, 0) is 6.42 Å². The molecule has 2 rings (SSSR count). The molecule has 0 amide bonds. The molecule has 0 aliphatic heterocycles. The van der Waals surface area contributed by atoms with Crippen molar-refractivity contribution in [1.82, 2.24) is 4.98 Å². The van der Waals surface area contributed by atoms with Gasteiger partial charge in [-0.25, -0.2) is 4.98 Å². The quantitative estimate of drug-likeness (QED) is 0.764. The highest BCUT2D eigenvalue weighted by Gasteiger charge is 2.11. The highest BCUT2D eigenvalue weighted by molar-refractivity contribution is 5.62. The van der Waals surface area contributed by atoms with Crippen LogP contribution in [0, 0.1) is 6.39 Å². The van der Waals surface area contributed by atoms with Gasteiger partial charge in [0.05, 0.1) is 6.61 Å². The normalized spacial score (nSPS) is 10.2. The molecule has 1 radical (unpaired) electrons. The van der Waals surface area contributed by atoms with Gasteiger partial charge in [0.15, 0.2) is 5.69 Å². The molecule has 3 nitrogen and oxygen atoms in total. The minimum atomic E-state index is 0.447. The fourth-order valence-corrected chi connectivity index (χ4v) is 1.27. The zero-order valence-corrected chi connectivity index (χ0v) is 8.56. The van der Waals surface area contributed by atoms with Crippen molar-refractivity contribution in [2.75, 3.05) is 6.61 Å². The first-order chi connectivity index (χ1) is 7.42. The molecule has 0 aliphatic carbocycles. The first-order valence-corrected chi connectivity index (χ1v) is 4.97. The van der Waals surface area contributed by atoms with Gasteiger partial charge in [0.2, 0.25) is 0 Å². The van der Waals surface area contributed by atoms with E-state index >= 15 is 0 Å². The van der Waals surface area contributed by atoms with Gasteiger partial charge in [0.1, 0.15) is 0 Å². The summed E-state index contributed by atoms with van der Waals surface area (Å²) in [6.07, 6.45) is 3.40. The number of hydrogen-bond acceptors (Lipinski definition) is 3. The minimum Gasteiger partial charge on any atom is -0.464 e. The van der Waals surface area contributed by atoms with Crippen LogP contribution in [0.4, 0.5) is 0 Å². The molecule has 77 valence electrons. The number of benzene rings is 1. The summed E-state index contributed by atoms with van der Waals surface area (Å²) in [6, 6.07) is 9.79. The van der Waals surface area contributed by atoms with Gasteiger partial charge < -0.3 is 9.15 Å². The Bertz CT molecular complexity index is 409. The van der Waals surface area contributed by atoms with E-state index in [4.69, 9.17) is 9.15 Å². The van der Waals surface area contributed by atoms with Gasteiger partial charge >= 0.3 is 5.95 Å². The predicted octanol–water partition coefficient (Wildman–Crippen LogP) is 2.93. The van der Waals surface area contributed by atoms with Crippen molar-refractivity contribution in [3.63, 3.8) is 0 Å². The Morgan fingerprint density at radius 3 is 2.87 bits per heavy atom. The van der Waals surface area contributed by atoms with Crippen LogP contribution in [0.25, 0.3) is 11.3 Å². The average molecular weight is 202 g/mol. The fraction of sp³-hybridized carbons (Fsp3) is 0.250. The summed E-state index contributed by atoms with van der Waals surface area (Å²) in [6.45, 7) is 2.67. The monoisotopic (exact) mass is 202 g/mol. The molecule has 0 spiro atoms. The predicted molar refractivity (Wildman–Crippen MR) is 56.6 cm³/mol. The van der Waals surface area contributed by atoms with E-state index in [0.29, 0.717) is 18.2 Å². The van der Waals surface area contributed by atoms with Crippen LogP contribution in [0.2, 0.25) is 0 Å². The molecule has 1 heterocycles. The van der Waals surface area contributed by atoms with Crippen molar-refractivity contribution in [2.45, 2.75) is 13.3 Å². The second-order valence-electron chi connectivity index (χ2n) is 3.16. The lowest BCUT2D eigenvalue weighted by molar-refractivity contribution is 0.243. The minimum absolute atomic E-state index is 0.447. The Kier molecular flexibility index (Phi) is 3.02. The number of nitrogens with zero attached hydrogens (tertiary/aromatic N) is 1. The zero-order valence-electron chi connectivity index (χ0n) is 8.56. The Labute approximate surface area is 88.7 Å². The molecular weight excluding hydrogens is 190 g/mol. The standard InChI is InChI=1S/C12H12NO2/c1-2-8-14-12-11(13-9-15-12)10-6-4-3-5-7-10/h3-7H,2,8H2,1H3. The van der Waals surface area contributed by atoms with Crippen molar-refractivity contribution in [1.29, 1.82) is 0 Å². The Morgan fingerprint density at radius 2 is 2.13 bits per heavy atom. The van der Waals surface area contributed by atoms with E-state index in [-0.39, 0.29) is 0 Å². The van der Waals surface area contributed by atoms with E-state index in [1.807, 2.05) is 37.3 Å². The number of ether oxygens (including phenoxy) is 1. The van der Waals surface area contributed by atoms with E-state index in [1.54, 1.807) is 0 Å². The van der Waals surface area contributed by atoms with Gasteiger partial charge in [-0.2, -0.15) is 0 Å². The molecule has 0 unspecified atom stereocenters. The molecule has 2 aromatic rings. The maximum Gasteiger partial charge on any atom is 0.314 e. The molecule has 0 atom stereocenters. The first-order valence-electron chi connectivity index (χ1n) is 4.97. The molecule has 3 heteroatoms. The number of hydrogen-bond donors (Lipinski definition) is 0. The summed E-state index contributed by atoms with van der Waals surface area (Å²) in [4.78, 5) is 4.02. The molecule has 1 aromatic carbocycles. The number of aromatic nitrogens is 1. The molecule has 0 aliphatic rings. The SMILES string of the molecule is CCCOc1o[c]nc1-c1ccccc1. The molecule has 15 heavy (non-hydrogen) atoms. The molecule has 1 aromatic heterocycles. The molecule has 0 N–H and O–H groups in total. The van der Waals surface area contributed by atoms with Crippen molar-refractivity contribution >= 4 is 0 Å². The maximum absolute atomic E-state index is 5.42. The average Bonchev–Trinajstić information content (AvgIpc) is 2.75. The summed E-state index contributed by atoms with van der Waals surface area (Å²) in [5.74, 6) is 0.447. The van der Waals surface area contributed by atoms with E-state index in [9.17, 15) is 0 Å². The zero-order chi connectivity index (χ0) is 10.5. The fourth-order valence-electron chi connectivity index (χ4n) is 1.27. The second kappa shape index (κ2) is 4.64. The Morgan fingerprint density at radius 1 is 1.33 bits per heavy atom. The summed E-state index contributed by atoms with van der Waals surface area (Å²) >= 11 is 0. The van der Waals surface area contributed by atoms with Crippen LogP contribution in [-0.2, 0) is 0 Å². The van der Waals surface area contributed by atoms with Gasteiger partial charge in [0, 0.05) is 5.56 Å². The van der Waals surface area contributed by atoms with E-state index < -0.39 is 0 Å². The van der Waals surface area contributed by atoms with Crippen LogP contribution in [0.3, 0.4) is 0 Å². The maximum atomic E-state index is 5.42. The molecule has 0 saturated heterocycles. The van der Waals surface area contributed by atoms with Crippen molar-refractivity contribution in [3.05, 3.63) is 36.7 Å². The molecule has 0 bridgehead atoms.